The van der Waals surface area contributed by atoms with Crippen molar-refractivity contribution in [2.75, 3.05) is 25.0 Å². The van der Waals surface area contributed by atoms with Crippen molar-refractivity contribution in [3.05, 3.63) is 30.1 Å². The number of rotatable bonds is 7. The number of halogens is 1. The largest absolute Gasteiger partial charge is 0.330 e. The maximum absolute atomic E-state index is 13.5. The normalized spacial score (nSPS) is 15.2. The van der Waals surface area contributed by atoms with Gasteiger partial charge in [-0.1, -0.05) is 18.6 Å². The van der Waals surface area contributed by atoms with Gasteiger partial charge in [0.05, 0.1) is 12.2 Å². The lowest BCUT2D eigenvalue weighted by Gasteiger charge is -2.37. The molecule has 0 aliphatic heterocycles. The predicted octanol–water partition coefficient (Wildman–Crippen LogP) is 1.97. The molecule has 0 atom stereocenters. The Kier molecular flexibility index (Phi) is 5.49. The summed E-state index contributed by atoms with van der Waals surface area (Å²) in [6, 6.07) is 6.70. The first-order valence-corrected chi connectivity index (χ1v) is 7.19. The summed E-state index contributed by atoms with van der Waals surface area (Å²) in [5, 5.41) is 2.63. The summed E-state index contributed by atoms with van der Waals surface area (Å²) in [4.78, 5) is 14.2. The standard InChI is InChI=1S/C15H22FN3O/c16-13-7-1-2-8-14(13)18-15(20)11-19(10-4-9-17)12-5-3-6-12/h1-2,7-8,12H,3-6,9-11,17H2,(H,18,20). The second kappa shape index (κ2) is 7.36. The number of nitrogens with two attached hydrogens (primary N) is 1. The smallest absolute Gasteiger partial charge is 0.238 e. The van der Waals surface area contributed by atoms with Gasteiger partial charge >= 0.3 is 0 Å². The van der Waals surface area contributed by atoms with E-state index >= 15 is 0 Å². The second-order valence-corrected chi connectivity index (χ2v) is 5.23. The van der Waals surface area contributed by atoms with Crippen LogP contribution < -0.4 is 11.1 Å². The molecule has 1 amide bonds. The molecule has 5 heteroatoms. The minimum absolute atomic E-state index is 0.168. The molecule has 1 saturated carbocycles. The summed E-state index contributed by atoms with van der Waals surface area (Å²) >= 11 is 0. The molecule has 20 heavy (non-hydrogen) atoms. The van der Waals surface area contributed by atoms with Gasteiger partial charge < -0.3 is 11.1 Å². The average Bonchev–Trinajstić information content (AvgIpc) is 2.36. The third-order valence-corrected chi connectivity index (χ3v) is 3.74. The molecular weight excluding hydrogens is 257 g/mol. The van der Waals surface area contributed by atoms with Crippen molar-refractivity contribution in [1.29, 1.82) is 0 Å². The second-order valence-electron chi connectivity index (χ2n) is 5.23. The number of nitrogens with one attached hydrogen (secondary N) is 1. The van der Waals surface area contributed by atoms with Gasteiger partial charge in [-0.05, 0) is 37.9 Å². The predicted molar refractivity (Wildman–Crippen MR) is 77.9 cm³/mol. The van der Waals surface area contributed by atoms with E-state index in [9.17, 15) is 9.18 Å². The SMILES string of the molecule is NCCCN(CC(=O)Nc1ccccc1F)C1CCC1. The number of nitrogens with zero attached hydrogens (tertiary/aromatic N) is 1. The third-order valence-electron chi connectivity index (χ3n) is 3.74. The van der Waals surface area contributed by atoms with Crippen molar-refractivity contribution >= 4 is 11.6 Å². The van der Waals surface area contributed by atoms with Crippen molar-refractivity contribution in [2.45, 2.75) is 31.7 Å². The Morgan fingerprint density at radius 3 is 2.75 bits per heavy atom. The molecule has 0 bridgehead atoms. The molecule has 1 aliphatic rings. The van der Waals surface area contributed by atoms with Gasteiger partial charge in [-0.25, -0.2) is 4.39 Å². The van der Waals surface area contributed by atoms with E-state index in [0.717, 1.165) is 25.8 Å². The van der Waals surface area contributed by atoms with Crippen molar-refractivity contribution in [3.8, 4) is 0 Å². The fourth-order valence-electron chi connectivity index (χ4n) is 2.37. The van der Waals surface area contributed by atoms with Crippen LogP contribution in [-0.2, 0) is 4.79 Å². The highest BCUT2D eigenvalue weighted by Gasteiger charge is 2.26. The van der Waals surface area contributed by atoms with Gasteiger partial charge in [0.15, 0.2) is 0 Å². The van der Waals surface area contributed by atoms with Crippen molar-refractivity contribution in [2.24, 2.45) is 5.73 Å². The molecule has 0 radical (unpaired) electrons. The topological polar surface area (TPSA) is 58.4 Å². The molecular formula is C15H22FN3O. The summed E-state index contributed by atoms with van der Waals surface area (Å²) < 4.78 is 13.5. The Bertz CT molecular complexity index is 448. The summed E-state index contributed by atoms with van der Waals surface area (Å²) in [6.45, 7) is 1.75. The van der Waals surface area contributed by atoms with Gasteiger partial charge in [-0.15, -0.1) is 0 Å². The zero-order valence-corrected chi connectivity index (χ0v) is 11.6. The number of carbonyl (C=O) groups is 1. The monoisotopic (exact) mass is 279 g/mol. The van der Waals surface area contributed by atoms with Crippen LogP contribution in [0, 0.1) is 5.82 Å². The number of hydrogen-bond acceptors (Lipinski definition) is 3. The maximum Gasteiger partial charge on any atom is 0.238 e. The molecule has 0 aromatic heterocycles. The van der Waals surface area contributed by atoms with Crippen molar-refractivity contribution in [1.82, 2.24) is 4.90 Å². The van der Waals surface area contributed by atoms with Gasteiger partial charge in [0.25, 0.3) is 0 Å². The molecule has 1 aromatic rings. The van der Waals surface area contributed by atoms with Gasteiger partial charge in [-0.3, -0.25) is 9.69 Å². The summed E-state index contributed by atoms with van der Waals surface area (Å²) in [7, 11) is 0. The number of benzene rings is 1. The molecule has 0 unspecified atom stereocenters. The van der Waals surface area contributed by atoms with Gasteiger partial charge in [0, 0.05) is 12.6 Å². The Morgan fingerprint density at radius 2 is 2.15 bits per heavy atom. The molecule has 110 valence electrons. The number of hydrogen-bond donors (Lipinski definition) is 2. The highest BCUT2D eigenvalue weighted by atomic mass is 19.1. The molecule has 0 heterocycles. The average molecular weight is 279 g/mol. The van der Waals surface area contributed by atoms with Crippen LogP contribution in [0.2, 0.25) is 0 Å². The number of amides is 1. The minimum Gasteiger partial charge on any atom is -0.330 e. The molecule has 1 aliphatic carbocycles. The minimum atomic E-state index is -0.405. The van der Waals surface area contributed by atoms with E-state index in [0.29, 0.717) is 19.1 Å². The van der Waals surface area contributed by atoms with Crippen LogP contribution >= 0.6 is 0 Å². The zero-order chi connectivity index (χ0) is 14.4. The van der Waals surface area contributed by atoms with E-state index in [1.165, 1.54) is 12.5 Å². The van der Waals surface area contributed by atoms with E-state index in [2.05, 4.69) is 10.2 Å². The Morgan fingerprint density at radius 1 is 1.40 bits per heavy atom. The lowest BCUT2D eigenvalue weighted by molar-refractivity contribution is -0.118. The van der Waals surface area contributed by atoms with Gasteiger partial charge in [0.2, 0.25) is 5.91 Å². The van der Waals surface area contributed by atoms with Gasteiger partial charge in [-0.2, -0.15) is 0 Å². The van der Waals surface area contributed by atoms with Crippen LogP contribution in [0.25, 0.3) is 0 Å². The van der Waals surface area contributed by atoms with E-state index in [4.69, 9.17) is 5.73 Å². The summed E-state index contributed by atoms with van der Waals surface area (Å²) in [6.07, 6.45) is 4.37. The number of anilines is 1. The van der Waals surface area contributed by atoms with Gasteiger partial charge in [0.1, 0.15) is 5.82 Å². The Labute approximate surface area is 119 Å². The lowest BCUT2D eigenvalue weighted by atomic mass is 9.91. The van der Waals surface area contributed by atoms with Crippen LogP contribution in [0.3, 0.4) is 0 Å². The van der Waals surface area contributed by atoms with E-state index in [1.54, 1.807) is 18.2 Å². The fraction of sp³-hybridized carbons (Fsp3) is 0.533. The number of carbonyl (C=O) groups excluding carboxylic acids is 1. The highest BCUT2D eigenvalue weighted by Crippen LogP contribution is 2.24. The van der Waals surface area contributed by atoms with Crippen molar-refractivity contribution in [3.63, 3.8) is 0 Å². The van der Waals surface area contributed by atoms with Crippen LogP contribution in [-0.4, -0.2) is 36.5 Å². The molecule has 0 spiro atoms. The Hall–Kier alpha value is -1.46. The molecule has 4 nitrogen and oxygen atoms in total. The first-order chi connectivity index (χ1) is 9.70. The summed E-state index contributed by atoms with van der Waals surface area (Å²) in [5.41, 5.74) is 5.77. The fourth-order valence-corrected chi connectivity index (χ4v) is 2.37. The summed E-state index contributed by atoms with van der Waals surface area (Å²) in [5.74, 6) is -0.572. The maximum atomic E-state index is 13.5. The first kappa shape index (κ1) is 14.9. The van der Waals surface area contributed by atoms with E-state index in [-0.39, 0.29) is 11.6 Å². The molecule has 1 fully saturated rings. The molecule has 1 aromatic carbocycles. The lowest BCUT2D eigenvalue weighted by Crippen LogP contribution is -2.45. The van der Waals surface area contributed by atoms with Crippen LogP contribution in [0.4, 0.5) is 10.1 Å². The molecule has 0 saturated heterocycles. The molecule has 2 rings (SSSR count). The van der Waals surface area contributed by atoms with Crippen LogP contribution in [0.15, 0.2) is 24.3 Å². The quantitative estimate of drug-likeness (QED) is 0.802. The Balaban J connectivity index is 1.89. The van der Waals surface area contributed by atoms with Crippen LogP contribution in [0.1, 0.15) is 25.7 Å². The van der Waals surface area contributed by atoms with E-state index < -0.39 is 5.82 Å². The third kappa shape index (κ3) is 4.02. The van der Waals surface area contributed by atoms with Crippen LogP contribution in [0.5, 0.6) is 0 Å². The molecule has 3 N–H and O–H groups in total. The van der Waals surface area contributed by atoms with E-state index in [1.807, 2.05) is 0 Å². The first-order valence-electron chi connectivity index (χ1n) is 7.19. The highest BCUT2D eigenvalue weighted by molar-refractivity contribution is 5.92. The van der Waals surface area contributed by atoms with Crippen molar-refractivity contribution < 1.29 is 9.18 Å². The number of para-hydroxylation sites is 1. The zero-order valence-electron chi connectivity index (χ0n) is 11.6.